The van der Waals surface area contributed by atoms with Crippen LogP contribution in [-0.2, 0) is 16.0 Å². The second-order valence-electron chi connectivity index (χ2n) is 8.64. The average Bonchev–Trinajstić information content (AvgIpc) is 3.00. The molecule has 2 N–H and O–H groups in total. The molecular formula is C20H21FN4O4. The van der Waals surface area contributed by atoms with Gasteiger partial charge in [0.05, 0.1) is 17.4 Å². The number of aromatic nitrogens is 1. The van der Waals surface area contributed by atoms with Crippen molar-refractivity contribution in [2.24, 2.45) is 17.3 Å². The molecule has 2 aromatic rings. The minimum absolute atomic E-state index is 0.00461. The second-order valence-corrected chi connectivity index (χ2v) is 8.64. The first-order chi connectivity index (χ1) is 13.7. The number of rotatable bonds is 0. The molecule has 0 unspecified atom stereocenters. The van der Waals surface area contributed by atoms with Crippen LogP contribution in [0.25, 0.3) is 11.0 Å². The predicted octanol–water partition coefficient (Wildman–Crippen LogP) is 2.03. The molecule has 0 radical (unpaired) electrons. The van der Waals surface area contributed by atoms with Crippen LogP contribution in [0.4, 0.5) is 14.9 Å². The highest BCUT2D eigenvalue weighted by molar-refractivity contribution is 6.20. The Morgan fingerprint density at radius 1 is 1.24 bits per heavy atom. The van der Waals surface area contributed by atoms with Crippen molar-refractivity contribution in [1.29, 1.82) is 0 Å². The van der Waals surface area contributed by atoms with Gasteiger partial charge in [-0.15, -0.1) is 0 Å². The Balaban J connectivity index is 1.79. The zero-order valence-corrected chi connectivity index (χ0v) is 16.3. The number of fused-ring (bicyclic) bond motifs is 5. The lowest BCUT2D eigenvalue weighted by atomic mass is 9.62. The molecule has 0 aliphatic carbocycles. The Hall–Kier alpha value is -2.97. The minimum Gasteiger partial charge on any atom is -0.364 e. The number of nitrogens with zero attached hydrogens (tertiary/aromatic N) is 2. The van der Waals surface area contributed by atoms with E-state index in [4.69, 9.17) is 4.52 Å². The number of aryl methyl sites for hydroxylation is 1. The van der Waals surface area contributed by atoms with Crippen LogP contribution in [0.3, 0.4) is 0 Å². The molecule has 0 bridgehead atoms. The highest BCUT2D eigenvalue weighted by Gasteiger charge is 2.62. The van der Waals surface area contributed by atoms with E-state index in [-0.39, 0.29) is 23.8 Å². The molecular weight excluding hydrogens is 379 g/mol. The SMILES string of the molecule is Cc1noc2c(F)c3c(cc12)CC1(C(=O)NC(=O)NC1=O)[C@H]1[C@H](C)C[C@H](C)CN31. The van der Waals surface area contributed by atoms with Gasteiger partial charge in [0, 0.05) is 11.9 Å². The number of barbiturate groups is 1. The highest BCUT2D eigenvalue weighted by atomic mass is 19.1. The molecule has 3 atom stereocenters. The maximum Gasteiger partial charge on any atom is 0.328 e. The Bertz CT molecular complexity index is 1070. The van der Waals surface area contributed by atoms with Gasteiger partial charge in [0.2, 0.25) is 17.4 Å². The summed E-state index contributed by atoms with van der Waals surface area (Å²) in [5.41, 5.74) is 0.00487. The predicted molar refractivity (Wildman–Crippen MR) is 101 cm³/mol. The molecule has 29 heavy (non-hydrogen) atoms. The van der Waals surface area contributed by atoms with Crippen molar-refractivity contribution in [2.45, 2.75) is 39.7 Å². The van der Waals surface area contributed by atoms with Gasteiger partial charge in [-0.1, -0.05) is 19.0 Å². The first-order valence-electron chi connectivity index (χ1n) is 9.75. The topological polar surface area (TPSA) is 105 Å². The maximum absolute atomic E-state index is 15.6. The molecule has 2 fully saturated rings. The number of benzene rings is 1. The molecule has 0 saturated carbocycles. The van der Waals surface area contributed by atoms with Gasteiger partial charge in [0.25, 0.3) is 0 Å². The molecule has 5 rings (SSSR count). The molecule has 3 aliphatic heterocycles. The van der Waals surface area contributed by atoms with Crippen LogP contribution in [0, 0.1) is 30.0 Å². The van der Waals surface area contributed by atoms with Crippen LogP contribution in [0.15, 0.2) is 10.6 Å². The van der Waals surface area contributed by atoms with Crippen LogP contribution in [0.5, 0.6) is 0 Å². The van der Waals surface area contributed by atoms with Crippen molar-refractivity contribution in [1.82, 2.24) is 15.8 Å². The fraction of sp³-hybridized carbons (Fsp3) is 0.500. The molecule has 3 aliphatic rings. The molecule has 152 valence electrons. The monoisotopic (exact) mass is 400 g/mol. The van der Waals surface area contributed by atoms with Gasteiger partial charge < -0.3 is 9.42 Å². The van der Waals surface area contributed by atoms with Crippen molar-refractivity contribution in [3.05, 3.63) is 23.1 Å². The summed E-state index contributed by atoms with van der Waals surface area (Å²) < 4.78 is 20.8. The maximum atomic E-state index is 15.6. The van der Waals surface area contributed by atoms with Gasteiger partial charge >= 0.3 is 6.03 Å². The summed E-state index contributed by atoms with van der Waals surface area (Å²) in [5, 5.41) is 8.91. The number of carbonyl (C=O) groups is 3. The van der Waals surface area contributed by atoms with E-state index >= 15 is 4.39 Å². The van der Waals surface area contributed by atoms with Crippen LogP contribution in [-0.4, -0.2) is 35.6 Å². The van der Waals surface area contributed by atoms with Crippen LogP contribution in [0.2, 0.25) is 0 Å². The summed E-state index contributed by atoms with van der Waals surface area (Å²) >= 11 is 0. The quantitative estimate of drug-likeness (QED) is 0.656. The summed E-state index contributed by atoms with van der Waals surface area (Å²) in [6.45, 7) is 6.23. The average molecular weight is 400 g/mol. The summed E-state index contributed by atoms with van der Waals surface area (Å²) in [7, 11) is 0. The number of hydrogen-bond donors (Lipinski definition) is 2. The van der Waals surface area contributed by atoms with Gasteiger partial charge in [-0.2, -0.15) is 0 Å². The van der Waals surface area contributed by atoms with Crippen molar-refractivity contribution >= 4 is 34.5 Å². The molecule has 8 nitrogen and oxygen atoms in total. The van der Waals surface area contributed by atoms with E-state index in [1.54, 1.807) is 13.0 Å². The Kier molecular flexibility index (Phi) is 3.60. The standard InChI is InChI=1S/C20H21FN4O4/c1-8-4-9(2)16-20(17(26)22-19(28)23-18(20)27)6-11-5-12-10(3)24-29-15(12)13(21)14(11)25(16)7-8/h5,8-9,16H,4,6-7H2,1-3H3,(H2,22,23,26,27,28)/t8-,9+,16+/m0/s1. The van der Waals surface area contributed by atoms with Crippen LogP contribution in [0.1, 0.15) is 31.5 Å². The van der Waals surface area contributed by atoms with Crippen molar-refractivity contribution in [3.63, 3.8) is 0 Å². The molecule has 4 amide bonds. The number of halogens is 1. The van der Waals surface area contributed by atoms with E-state index in [0.29, 0.717) is 28.9 Å². The summed E-state index contributed by atoms with van der Waals surface area (Å²) in [4.78, 5) is 39.8. The number of amides is 4. The van der Waals surface area contributed by atoms with E-state index in [0.717, 1.165) is 6.42 Å². The third-order valence-electron chi connectivity index (χ3n) is 6.62. The van der Waals surface area contributed by atoms with Crippen LogP contribution < -0.4 is 15.5 Å². The third-order valence-corrected chi connectivity index (χ3v) is 6.62. The van der Waals surface area contributed by atoms with Gasteiger partial charge in [0.1, 0.15) is 0 Å². The summed E-state index contributed by atoms with van der Waals surface area (Å²) in [6.07, 6.45) is 0.794. The first-order valence-corrected chi connectivity index (χ1v) is 9.75. The van der Waals surface area contributed by atoms with E-state index in [1.807, 2.05) is 11.8 Å². The molecule has 1 spiro atoms. The van der Waals surface area contributed by atoms with Crippen molar-refractivity contribution in [2.75, 3.05) is 11.4 Å². The smallest absolute Gasteiger partial charge is 0.328 e. The number of urea groups is 1. The third kappa shape index (κ3) is 2.24. The van der Waals surface area contributed by atoms with E-state index < -0.39 is 35.1 Å². The number of piperidine rings is 1. The zero-order valence-electron chi connectivity index (χ0n) is 16.3. The fourth-order valence-corrected chi connectivity index (χ4v) is 5.62. The number of anilines is 1. The zero-order chi connectivity index (χ0) is 20.7. The van der Waals surface area contributed by atoms with Gasteiger partial charge in [-0.3, -0.25) is 20.2 Å². The lowest BCUT2D eigenvalue weighted by molar-refractivity contribution is -0.148. The lowest BCUT2D eigenvalue weighted by Crippen LogP contribution is -2.73. The largest absolute Gasteiger partial charge is 0.364 e. The van der Waals surface area contributed by atoms with E-state index in [1.165, 1.54) is 0 Å². The normalized spacial score (nSPS) is 28.2. The van der Waals surface area contributed by atoms with Crippen molar-refractivity contribution in [3.8, 4) is 0 Å². The van der Waals surface area contributed by atoms with Crippen LogP contribution >= 0.6 is 0 Å². The molecule has 4 heterocycles. The van der Waals surface area contributed by atoms with Gasteiger partial charge in [-0.05, 0) is 43.2 Å². The fourth-order valence-electron chi connectivity index (χ4n) is 5.62. The number of nitrogens with one attached hydrogen (secondary N) is 2. The minimum atomic E-state index is -1.51. The van der Waals surface area contributed by atoms with E-state index in [9.17, 15) is 14.4 Å². The summed E-state index contributed by atoms with van der Waals surface area (Å²) in [6, 6.07) is 0.352. The number of carbonyl (C=O) groups excluding carboxylic acids is 3. The number of imide groups is 2. The summed E-state index contributed by atoms with van der Waals surface area (Å²) in [5.74, 6) is -1.60. The first kappa shape index (κ1) is 18.1. The van der Waals surface area contributed by atoms with Gasteiger partial charge in [-0.25, -0.2) is 9.18 Å². The molecule has 1 aromatic carbocycles. The highest BCUT2D eigenvalue weighted by Crippen LogP contribution is 2.51. The van der Waals surface area contributed by atoms with Crippen molar-refractivity contribution < 1.29 is 23.3 Å². The molecule has 1 aromatic heterocycles. The Morgan fingerprint density at radius 3 is 2.62 bits per heavy atom. The second kappa shape index (κ2) is 5.77. The Labute approximate surface area is 165 Å². The lowest BCUT2D eigenvalue weighted by Gasteiger charge is -2.55. The van der Waals surface area contributed by atoms with E-state index in [2.05, 4.69) is 22.7 Å². The number of hydrogen-bond acceptors (Lipinski definition) is 6. The Morgan fingerprint density at radius 2 is 1.93 bits per heavy atom. The van der Waals surface area contributed by atoms with Gasteiger partial charge in [0.15, 0.2) is 11.2 Å². The molecule has 9 heteroatoms. The molecule has 2 saturated heterocycles.